The third-order valence-electron chi connectivity index (χ3n) is 8.54. The summed E-state index contributed by atoms with van der Waals surface area (Å²) in [5, 5.41) is 6.79. The summed E-state index contributed by atoms with van der Waals surface area (Å²) in [4.78, 5) is 43.3. The Balaban J connectivity index is 1.32. The lowest BCUT2D eigenvalue weighted by atomic mass is 9.74. The molecule has 2 bridgehead atoms. The maximum Gasteiger partial charge on any atom is 0.246 e. The fourth-order valence-corrected chi connectivity index (χ4v) is 6.95. The molecule has 3 aliphatic heterocycles. The van der Waals surface area contributed by atoms with E-state index >= 15 is 0 Å². The number of carbonyl (C=O) groups is 3. The first-order valence-electron chi connectivity index (χ1n) is 13.6. The number of nitrogens with zero attached hydrogens (tertiary/aromatic N) is 1. The molecule has 3 fully saturated rings. The molecule has 204 valence electrons. The van der Waals surface area contributed by atoms with Crippen LogP contribution < -0.4 is 10.6 Å². The zero-order valence-electron chi connectivity index (χ0n) is 21.7. The highest BCUT2D eigenvalue weighted by atomic mass is 35.5. The van der Waals surface area contributed by atoms with Gasteiger partial charge in [-0.2, -0.15) is 0 Å². The van der Waals surface area contributed by atoms with Gasteiger partial charge in [-0.25, -0.2) is 0 Å². The van der Waals surface area contributed by atoms with Crippen LogP contribution in [-0.4, -0.2) is 46.4 Å². The molecule has 3 heterocycles. The van der Waals surface area contributed by atoms with Crippen molar-refractivity contribution in [3.8, 4) is 0 Å². The molecule has 2 N–H and O–H groups in total. The number of anilines is 1. The van der Waals surface area contributed by atoms with E-state index in [1.807, 2.05) is 43.3 Å². The lowest BCUT2D eigenvalue weighted by molar-refractivity contribution is -0.142. The van der Waals surface area contributed by atoms with Gasteiger partial charge in [0.1, 0.15) is 11.6 Å². The Morgan fingerprint density at radius 1 is 1.03 bits per heavy atom. The Morgan fingerprint density at radius 3 is 2.49 bits per heavy atom. The van der Waals surface area contributed by atoms with E-state index in [1.54, 1.807) is 23.1 Å². The first kappa shape index (κ1) is 26.4. The van der Waals surface area contributed by atoms with Crippen LogP contribution in [0.25, 0.3) is 0 Å². The summed E-state index contributed by atoms with van der Waals surface area (Å²) in [6, 6.07) is 11.9. The van der Waals surface area contributed by atoms with Crippen LogP contribution in [-0.2, 0) is 25.7 Å². The summed E-state index contributed by atoms with van der Waals surface area (Å²) >= 11 is 12.2. The Labute approximate surface area is 237 Å². The van der Waals surface area contributed by atoms with Gasteiger partial charge in [-0.15, -0.1) is 0 Å². The van der Waals surface area contributed by atoms with Crippen molar-refractivity contribution in [2.45, 2.75) is 69.4 Å². The van der Waals surface area contributed by atoms with Crippen LogP contribution in [0, 0.1) is 18.8 Å². The Hall–Kier alpha value is -2.87. The van der Waals surface area contributed by atoms with Crippen molar-refractivity contribution in [3.05, 3.63) is 75.8 Å². The summed E-state index contributed by atoms with van der Waals surface area (Å²) < 4.78 is 6.44. The first-order chi connectivity index (χ1) is 18.8. The molecule has 2 aromatic carbocycles. The van der Waals surface area contributed by atoms with Gasteiger partial charge in [-0.05, 0) is 43.5 Å². The second-order valence-electron chi connectivity index (χ2n) is 11.1. The number of rotatable bonds is 6. The largest absolute Gasteiger partial charge is 0.359 e. The van der Waals surface area contributed by atoms with Gasteiger partial charge in [0, 0.05) is 18.3 Å². The number of benzene rings is 2. The number of fused-ring (bicyclic) bond motifs is 1. The Morgan fingerprint density at radius 2 is 1.77 bits per heavy atom. The van der Waals surface area contributed by atoms with Gasteiger partial charge in [-0.1, -0.05) is 84.4 Å². The van der Waals surface area contributed by atoms with E-state index in [2.05, 4.69) is 10.6 Å². The van der Waals surface area contributed by atoms with Gasteiger partial charge in [0.25, 0.3) is 0 Å². The fourth-order valence-electron chi connectivity index (χ4n) is 6.65. The van der Waals surface area contributed by atoms with Gasteiger partial charge in [0.05, 0.1) is 28.0 Å². The normalized spacial score (nSPS) is 29.5. The van der Waals surface area contributed by atoms with E-state index in [0.29, 0.717) is 15.7 Å². The molecule has 7 nitrogen and oxygen atoms in total. The standard InChI is InChI=1S/C30H31Cl2N3O4/c1-17-7-9-18(10-8-17)16-35-26(28(37)33-19-5-3-2-4-6-19)30-14-13-23(39-30)24(25(30)29(35)38)27(36)34-20-11-12-21(31)22(32)15-20/h7-15,19,23-26H,2-6,16H2,1H3,(H,33,37)(H,34,36)/t23-,24-,25-,26+,30+/m1/s1. The number of hydrogen-bond acceptors (Lipinski definition) is 4. The average molecular weight is 569 g/mol. The van der Waals surface area contributed by atoms with Gasteiger partial charge < -0.3 is 20.3 Å². The van der Waals surface area contributed by atoms with Gasteiger partial charge in [-0.3, -0.25) is 14.4 Å². The predicted octanol–water partition coefficient (Wildman–Crippen LogP) is 5.04. The van der Waals surface area contributed by atoms with Crippen molar-refractivity contribution < 1.29 is 19.1 Å². The van der Waals surface area contributed by atoms with Crippen LogP contribution in [0.2, 0.25) is 10.0 Å². The summed E-state index contributed by atoms with van der Waals surface area (Å²) in [6.07, 6.45) is 8.22. The van der Waals surface area contributed by atoms with E-state index in [-0.39, 0.29) is 30.3 Å². The summed E-state index contributed by atoms with van der Waals surface area (Å²) in [6.45, 7) is 2.26. The van der Waals surface area contributed by atoms with Crippen molar-refractivity contribution in [2.24, 2.45) is 11.8 Å². The van der Waals surface area contributed by atoms with Crippen molar-refractivity contribution >= 4 is 46.6 Å². The van der Waals surface area contributed by atoms with E-state index < -0.39 is 29.6 Å². The predicted molar refractivity (Wildman–Crippen MR) is 149 cm³/mol. The number of hydrogen-bond donors (Lipinski definition) is 2. The topological polar surface area (TPSA) is 87.7 Å². The second kappa shape index (κ2) is 10.3. The maximum absolute atomic E-state index is 14.1. The highest BCUT2D eigenvalue weighted by Gasteiger charge is 2.72. The van der Waals surface area contributed by atoms with Crippen LogP contribution in [0.4, 0.5) is 5.69 Å². The van der Waals surface area contributed by atoms with Crippen molar-refractivity contribution in [2.75, 3.05) is 5.32 Å². The monoisotopic (exact) mass is 567 g/mol. The minimum absolute atomic E-state index is 0.0781. The molecule has 2 aromatic rings. The third kappa shape index (κ3) is 4.64. The summed E-state index contributed by atoms with van der Waals surface area (Å²) in [5.74, 6) is -2.43. The zero-order valence-corrected chi connectivity index (χ0v) is 23.2. The number of halogens is 2. The molecular weight excluding hydrogens is 537 g/mol. The summed E-state index contributed by atoms with van der Waals surface area (Å²) in [5.41, 5.74) is 1.29. The molecule has 0 unspecified atom stereocenters. The number of amides is 3. The molecule has 1 saturated carbocycles. The van der Waals surface area contributed by atoms with Gasteiger partial charge >= 0.3 is 0 Å². The number of likely N-dealkylation sites (tertiary alicyclic amines) is 1. The van der Waals surface area contributed by atoms with Crippen molar-refractivity contribution in [3.63, 3.8) is 0 Å². The molecule has 3 amide bonds. The highest BCUT2D eigenvalue weighted by molar-refractivity contribution is 6.42. The summed E-state index contributed by atoms with van der Waals surface area (Å²) in [7, 11) is 0. The number of ether oxygens (including phenoxy) is 1. The quantitative estimate of drug-likeness (QED) is 0.478. The van der Waals surface area contributed by atoms with E-state index in [9.17, 15) is 14.4 Å². The SMILES string of the molecule is Cc1ccc(CN2C(=O)[C@H]3[C@H](C(=O)Nc4ccc(Cl)c(Cl)c4)[C@H]4C=C[C@@]3(O4)[C@@H]2C(=O)NC2CCCCC2)cc1. The Kier molecular flexibility index (Phi) is 6.94. The molecule has 6 rings (SSSR count). The Bertz CT molecular complexity index is 1340. The lowest BCUT2D eigenvalue weighted by Crippen LogP contribution is -2.56. The molecular formula is C30H31Cl2N3O4. The van der Waals surface area contributed by atoms with E-state index in [1.165, 1.54) is 6.42 Å². The molecule has 0 aromatic heterocycles. The van der Waals surface area contributed by atoms with Crippen LogP contribution in [0.1, 0.15) is 43.2 Å². The van der Waals surface area contributed by atoms with Gasteiger partial charge in [0.2, 0.25) is 17.7 Å². The van der Waals surface area contributed by atoms with E-state index in [4.69, 9.17) is 27.9 Å². The number of carbonyl (C=O) groups excluding carboxylic acids is 3. The number of nitrogens with one attached hydrogen (secondary N) is 2. The first-order valence-corrected chi connectivity index (χ1v) is 14.3. The van der Waals surface area contributed by atoms with Crippen molar-refractivity contribution in [1.82, 2.24) is 10.2 Å². The smallest absolute Gasteiger partial charge is 0.246 e. The second-order valence-corrected chi connectivity index (χ2v) is 11.9. The lowest BCUT2D eigenvalue weighted by Gasteiger charge is -2.34. The highest BCUT2D eigenvalue weighted by Crippen LogP contribution is 2.55. The minimum Gasteiger partial charge on any atom is -0.359 e. The molecule has 4 aliphatic rings. The number of aryl methyl sites for hydroxylation is 1. The molecule has 2 saturated heterocycles. The van der Waals surface area contributed by atoms with Crippen molar-refractivity contribution in [1.29, 1.82) is 0 Å². The van der Waals surface area contributed by atoms with Crippen LogP contribution >= 0.6 is 23.2 Å². The molecule has 1 spiro atoms. The molecule has 0 radical (unpaired) electrons. The van der Waals surface area contributed by atoms with E-state index in [0.717, 1.165) is 36.8 Å². The van der Waals surface area contributed by atoms with Crippen LogP contribution in [0.5, 0.6) is 0 Å². The van der Waals surface area contributed by atoms with Crippen LogP contribution in [0.15, 0.2) is 54.6 Å². The minimum atomic E-state index is -1.20. The molecule has 39 heavy (non-hydrogen) atoms. The van der Waals surface area contributed by atoms with Gasteiger partial charge in [0.15, 0.2) is 0 Å². The average Bonchev–Trinajstić information content (AvgIpc) is 3.56. The molecule has 1 aliphatic carbocycles. The zero-order chi connectivity index (χ0) is 27.3. The molecule has 9 heteroatoms. The van der Waals surface area contributed by atoms with Crippen LogP contribution in [0.3, 0.4) is 0 Å². The fraction of sp³-hybridized carbons (Fsp3) is 0.433. The third-order valence-corrected chi connectivity index (χ3v) is 9.28. The maximum atomic E-state index is 14.1. The molecule has 5 atom stereocenters.